The van der Waals surface area contributed by atoms with Gasteiger partial charge in [-0.05, 0) is 29.7 Å². The third-order valence-electron chi connectivity index (χ3n) is 5.31. The van der Waals surface area contributed by atoms with Gasteiger partial charge in [0, 0.05) is 52.2 Å². The number of nitrogens with one attached hydrogen (secondary N) is 1. The second kappa shape index (κ2) is 9.92. The molecule has 1 fully saturated rings. The van der Waals surface area contributed by atoms with E-state index in [0.29, 0.717) is 13.0 Å². The highest BCUT2D eigenvalue weighted by Gasteiger charge is 2.20. The first kappa shape index (κ1) is 19.9. The maximum absolute atomic E-state index is 12.1. The Kier molecular flexibility index (Phi) is 7.32. The van der Waals surface area contributed by atoms with Gasteiger partial charge < -0.3 is 19.5 Å². The zero-order valence-corrected chi connectivity index (χ0v) is 16.5. The summed E-state index contributed by atoms with van der Waals surface area (Å²) in [5, 5.41) is 3.04. The minimum atomic E-state index is 0.126. The van der Waals surface area contributed by atoms with Crippen LogP contribution < -0.4 is 14.8 Å². The predicted molar refractivity (Wildman–Crippen MR) is 103 cm³/mol. The molecular weight excluding hydrogens is 346 g/mol. The van der Waals surface area contributed by atoms with E-state index < -0.39 is 0 Å². The van der Waals surface area contributed by atoms with Gasteiger partial charge in [0.05, 0.1) is 27.4 Å². The van der Waals surface area contributed by atoms with Crippen LogP contribution >= 0.6 is 0 Å². The quantitative estimate of drug-likeness (QED) is 0.726. The van der Waals surface area contributed by atoms with Crippen molar-refractivity contribution in [3.8, 4) is 11.5 Å². The number of carbonyl (C=O) groups excluding carboxylic acids is 1. The number of nitrogens with zero attached hydrogens (tertiary/aromatic N) is 2. The minimum Gasteiger partial charge on any atom is -0.493 e. The van der Waals surface area contributed by atoms with Crippen molar-refractivity contribution in [3.05, 3.63) is 23.3 Å². The number of hydrogen-bond donors (Lipinski definition) is 1. The van der Waals surface area contributed by atoms with Crippen LogP contribution in [0.3, 0.4) is 0 Å². The number of rotatable bonds is 8. The van der Waals surface area contributed by atoms with Crippen molar-refractivity contribution in [2.24, 2.45) is 0 Å². The van der Waals surface area contributed by atoms with Crippen molar-refractivity contribution >= 4 is 5.91 Å². The lowest BCUT2D eigenvalue weighted by Gasteiger charge is -2.29. The molecule has 1 N–H and O–H groups in total. The standard InChI is InChI=1S/C20H31N3O4/c1-25-18-13-16-3-6-23(15-17(16)14-19(18)26-2)7-4-20(24)21-5-8-22-9-11-27-12-10-22/h13-14H,3-12,15H2,1-2H3,(H,21,24). The second-order valence-corrected chi connectivity index (χ2v) is 7.06. The highest BCUT2D eigenvalue weighted by atomic mass is 16.5. The molecule has 2 aliphatic rings. The maximum atomic E-state index is 12.1. The van der Waals surface area contributed by atoms with Gasteiger partial charge in [0.25, 0.3) is 0 Å². The summed E-state index contributed by atoms with van der Waals surface area (Å²) in [6.45, 7) is 7.68. The number of fused-ring (bicyclic) bond motifs is 1. The number of hydrogen-bond acceptors (Lipinski definition) is 6. The number of morpholine rings is 1. The van der Waals surface area contributed by atoms with Crippen molar-refractivity contribution in [1.29, 1.82) is 0 Å². The van der Waals surface area contributed by atoms with Gasteiger partial charge in [-0.2, -0.15) is 0 Å². The summed E-state index contributed by atoms with van der Waals surface area (Å²) in [7, 11) is 3.32. The van der Waals surface area contributed by atoms with Crippen LogP contribution in [0.15, 0.2) is 12.1 Å². The molecule has 2 heterocycles. The van der Waals surface area contributed by atoms with E-state index in [0.717, 1.165) is 70.4 Å². The Morgan fingerprint density at radius 1 is 1.04 bits per heavy atom. The molecule has 1 amide bonds. The number of benzene rings is 1. The third kappa shape index (κ3) is 5.57. The van der Waals surface area contributed by atoms with Crippen LogP contribution in [0, 0.1) is 0 Å². The Bertz CT molecular complexity index is 632. The first-order valence-electron chi connectivity index (χ1n) is 9.72. The van der Waals surface area contributed by atoms with Crippen LogP contribution in [0.5, 0.6) is 11.5 Å². The molecule has 0 atom stereocenters. The third-order valence-corrected chi connectivity index (χ3v) is 5.31. The molecule has 2 aliphatic heterocycles. The molecule has 1 saturated heterocycles. The molecule has 1 aromatic rings. The van der Waals surface area contributed by atoms with Crippen molar-refractivity contribution in [1.82, 2.24) is 15.1 Å². The predicted octanol–water partition coefficient (Wildman–Crippen LogP) is 0.900. The van der Waals surface area contributed by atoms with E-state index in [1.807, 2.05) is 0 Å². The fourth-order valence-corrected chi connectivity index (χ4v) is 3.66. The first-order valence-corrected chi connectivity index (χ1v) is 9.72. The molecule has 7 nitrogen and oxygen atoms in total. The van der Waals surface area contributed by atoms with E-state index in [9.17, 15) is 4.79 Å². The van der Waals surface area contributed by atoms with E-state index >= 15 is 0 Å². The molecule has 0 saturated carbocycles. The van der Waals surface area contributed by atoms with Gasteiger partial charge in [-0.3, -0.25) is 14.6 Å². The van der Waals surface area contributed by atoms with E-state index in [-0.39, 0.29) is 5.91 Å². The molecule has 150 valence electrons. The summed E-state index contributed by atoms with van der Waals surface area (Å²) >= 11 is 0. The molecule has 3 rings (SSSR count). The maximum Gasteiger partial charge on any atom is 0.221 e. The van der Waals surface area contributed by atoms with E-state index in [2.05, 4.69) is 27.2 Å². The van der Waals surface area contributed by atoms with Crippen LogP contribution in [0.2, 0.25) is 0 Å². The largest absolute Gasteiger partial charge is 0.493 e. The average Bonchev–Trinajstić information content (AvgIpc) is 2.71. The summed E-state index contributed by atoms with van der Waals surface area (Å²) in [5.41, 5.74) is 2.56. The molecule has 0 unspecified atom stereocenters. The normalized spacial score (nSPS) is 18.0. The molecule has 1 aromatic carbocycles. The highest BCUT2D eigenvalue weighted by molar-refractivity contribution is 5.76. The van der Waals surface area contributed by atoms with Gasteiger partial charge in [-0.1, -0.05) is 0 Å². The highest BCUT2D eigenvalue weighted by Crippen LogP contribution is 2.33. The summed E-state index contributed by atoms with van der Waals surface area (Å²) in [6, 6.07) is 4.13. The van der Waals surface area contributed by atoms with Crippen molar-refractivity contribution in [2.45, 2.75) is 19.4 Å². The lowest BCUT2D eigenvalue weighted by molar-refractivity contribution is -0.121. The first-order chi connectivity index (χ1) is 13.2. The number of amides is 1. The molecule has 0 aliphatic carbocycles. The van der Waals surface area contributed by atoms with Gasteiger partial charge in [-0.15, -0.1) is 0 Å². The molecule has 0 spiro atoms. The topological polar surface area (TPSA) is 63.3 Å². The Balaban J connectivity index is 1.41. The van der Waals surface area contributed by atoms with Crippen molar-refractivity contribution in [2.75, 3.05) is 66.7 Å². The molecule has 7 heteroatoms. The van der Waals surface area contributed by atoms with E-state index in [4.69, 9.17) is 14.2 Å². The van der Waals surface area contributed by atoms with Gasteiger partial charge in [-0.25, -0.2) is 0 Å². The van der Waals surface area contributed by atoms with Crippen molar-refractivity contribution < 1.29 is 19.0 Å². The van der Waals surface area contributed by atoms with Crippen LogP contribution in [0.25, 0.3) is 0 Å². The zero-order valence-electron chi connectivity index (χ0n) is 16.5. The van der Waals surface area contributed by atoms with Gasteiger partial charge in [0.2, 0.25) is 5.91 Å². The summed E-state index contributed by atoms with van der Waals surface area (Å²) in [6.07, 6.45) is 1.50. The Hall–Kier alpha value is -1.83. The van der Waals surface area contributed by atoms with Crippen LogP contribution in [-0.2, 0) is 22.5 Å². The summed E-state index contributed by atoms with van der Waals surface area (Å²) < 4.78 is 16.1. The SMILES string of the molecule is COc1cc2c(cc1OC)CN(CCC(=O)NCCN1CCOCC1)CC2. The molecular formula is C20H31N3O4. The number of methoxy groups -OCH3 is 2. The summed E-state index contributed by atoms with van der Waals surface area (Å²) in [4.78, 5) is 16.8. The Morgan fingerprint density at radius 3 is 2.44 bits per heavy atom. The lowest BCUT2D eigenvalue weighted by Crippen LogP contribution is -2.42. The number of ether oxygens (including phenoxy) is 3. The smallest absolute Gasteiger partial charge is 0.221 e. The molecule has 0 radical (unpaired) electrons. The zero-order chi connectivity index (χ0) is 19.1. The fourth-order valence-electron chi connectivity index (χ4n) is 3.66. The Morgan fingerprint density at radius 2 is 1.74 bits per heavy atom. The van der Waals surface area contributed by atoms with Crippen molar-refractivity contribution in [3.63, 3.8) is 0 Å². The van der Waals surface area contributed by atoms with Gasteiger partial charge in [0.1, 0.15) is 0 Å². The minimum absolute atomic E-state index is 0.126. The Labute approximate surface area is 161 Å². The molecule has 0 aromatic heterocycles. The van der Waals surface area contributed by atoms with Gasteiger partial charge in [0.15, 0.2) is 11.5 Å². The number of carbonyl (C=O) groups is 1. The van der Waals surface area contributed by atoms with E-state index in [1.165, 1.54) is 11.1 Å². The molecule has 0 bridgehead atoms. The van der Waals surface area contributed by atoms with Crippen LogP contribution in [0.1, 0.15) is 17.5 Å². The summed E-state index contributed by atoms with van der Waals surface area (Å²) in [5.74, 6) is 1.67. The van der Waals surface area contributed by atoms with Gasteiger partial charge >= 0.3 is 0 Å². The second-order valence-electron chi connectivity index (χ2n) is 7.06. The monoisotopic (exact) mass is 377 g/mol. The van der Waals surface area contributed by atoms with Crippen LogP contribution in [0.4, 0.5) is 0 Å². The average molecular weight is 377 g/mol. The molecule has 27 heavy (non-hydrogen) atoms. The fraction of sp³-hybridized carbons (Fsp3) is 0.650. The van der Waals surface area contributed by atoms with Crippen LogP contribution in [-0.4, -0.2) is 82.4 Å². The van der Waals surface area contributed by atoms with E-state index in [1.54, 1.807) is 14.2 Å². The lowest BCUT2D eigenvalue weighted by atomic mass is 9.98.